The number of methoxy groups -OCH3 is 1. The number of nitrogens with zero attached hydrogens (tertiary/aromatic N) is 3. The number of carbonyl (C=O) groups excluding carboxylic acids is 1. The smallest absolute Gasteiger partial charge is 0.341 e. The molecule has 0 saturated carbocycles. The van der Waals surface area contributed by atoms with E-state index < -0.39 is 5.97 Å². The standard InChI is InChI=1S/C19H20FN3O4/c1-11-5-6-13(7-16(11)20)18-21-17(27-22-18)10-23(3)9-14-8-15(12(2)26-14)19(24)25-4/h5-8H,9-10H2,1-4H3. The van der Waals surface area contributed by atoms with Gasteiger partial charge in [0.1, 0.15) is 22.9 Å². The van der Waals surface area contributed by atoms with E-state index >= 15 is 0 Å². The third kappa shape index (κ3) is 4.22. The highest BCUT2D eigenvalue weighted by atomic mass is 19.1. The molecule has 0 aliphatic carbocycles. The van der Waals surface area contributed by atoms with Gasteiger partial charge in [-0.1, -0.05) is 17.3 Å². The molecule has 0 bridgehead atoms. The van der Waals surface area contributed by atoms with E-state index in [9.17, 15) is 9.18 Å². The van der Waals surface area contributed by atoms with Gasteiger partial charge in [-0.15, -0.1) is 0 Å². The van der Waals surface area contributed by atoms with Crippen LogP contribution in [0.2, 0.25) is 0 Å². The molecular weight excluding hydrogens is 353 g/mol. The van der Waals surface area contributed by atoms with Gasteiger partial charge in [-0.3, -0.25) is 4.90 Å². The Kier molecular flexibility index (Phi) is 5.36. The van der Waals surface area contributed by atoms with Gasteiger partial charge in [0.05, 0.1) is 20.2 Å². The number of furan rings is 1. The van der Waals surface area contributed by atoms with Gasteiger partial charge >= 0.3 is 5.97 Å². The lowest BCUT2D eigenvalue weighted by atomic mass is 10.1. The van der Waals surface area contributed by atoms with Crippen LogP contribution in [0.25, 0.3) is 11.4 Å². The number of aromatic nitrogens is 2. The van der Waals surface area contributed by atoms with E-state index in [0.717, 1.165) is 0 Å². The van der Waals surface area contributed by atoms with E-state index in [2.05, 4.69) is 10.1 Å². The maximum Gasteiger partial charge on any atom is 0.341 e. The van der Waals surface area contributed by atoms with Crippen molar-refractivity contribution in [3.63, 3.8) is 0 Å². The largest absolute Gasteiger partial charge is 0.465 e. The molecule has 0 atom stereocenters. The molecule has 0 radical (unpaired) electrons. The molecule has 7 nitrogen and oxygen atoms in total. The number of esters is 1. The maximum absolute atomic E-state index is 13.7. The average Bonchev–Trinajstić information content (AvgIpc) is 3.23. The molecule has 0 fully saturated rings. The number of benzene rings is 1. The van der Waals surface area contributed by atoms with Gasteiger partial charge in [-0.05, 0) is 38.6 Å². The van der Waals surface area contributed by atoms with Crippen LogP contribution in [-0.2, 0) is 17.8 Å². The lowest BCUT2D eigenvalue weighted by Gasteiger charge is -2.11. The molecule has 0 aliphatic heterocycles. The second-order valence-corrected chi connectivity index (χ2v) is 6.32. The number of hydrogen-bond acceptors (Lipinski definition) is 7. The van der Waals surface area contributed by atoms with Crippen molar-refractivity contribution >= 4 is 5.97 Å². The fourth-order valence-electron chi connectivity index (χ4n) is 2.66. The van der Waals surface area contributed by atoms with Gasteiger partial charge in [0, 0.05) is 5.56 Å². The summed E-state index contributed by atoms with van der Waals surface area (Å²) in [5, 5.41) is 3.91. The van der Waals surface area contributed by atoms with Gasteiger partial charge in [0.2, 0.25) is 11.7 Å². The molecule has 1 aromatic carbocycles. The minimum atomic E-state index is -0.433. The minimum Gasteiger partial charge on any atom is -0.465 e. The summed E-state index contributed by atoms with van der Waals surface area (Å²) in [7, 11) is 3.18. The Morgan fingerprint density at radius 1 is 1.26 bits per heavy atom. The summed E-state index contributed by atoms with van der Waals surface area (Å²) in [5.74, 6) is 1.11. The summed E-state index contributed by atoms with van der Waals surface area (Å²) >= 11 is 0. The van der Waals surface area contributed by atoms with Gasteiger partial charge in [0.15, 0.2) is 0 Å². The quantitative estimate of drug-likeness (QED) is 0.612. The third-order valence-electron chi connectivity index (χ3n) is 4.10. The monoisotopic (exact) mass is 373 g/mol. The first-order chi connectivity index (χ1) is 12.9. The molecule has 2 aromatic heterocycles. The summed E-state index contributed by atoms with van der Waals surface area (Å²) in [5.41, 5.74) is 1.52. The topological polar surface area (TPSA) is 81.6 Å². The molecule has 0 aliphatic rings. The molecule has 0 amide bonds. The van der Waals surface area contributed by atoms with E-state index in [1.807, 2.05) is 11.9 Å². The van der Waals surface area contributed by atoms with Gasteiger partial charge in [-0.25, -0.2) is 9.18 Å². The fourth-order valence-corrected chi connectivity index (χ4v) is 2.66. The fraction of sp³-hybridized carbons (Fsp3) is 0.316. The third-order valence-corrected chi connectivity index (χ3v) is 4.10. The van der Waals surface area contributed by atoms with Gasteiger partial charge in [0.25, 0.3) is 0 Å². The summed E-state index contributed by atoms with van der Waals surface area (Å²) in [4.78, 5) is 17.9. The van der Waals surface area contributed by atoms with E-state index in [4.69, 9.17) is 13.7 Å². The zero-order valence-corrected chi connectivity index (χ0v) is 15.6. The Labute approximate surface area is 155 Å². The molecule has 2 heterocycles. The predicted molar refractivity (Wildman–Crippen MR) is 94.4 cm³/mol. The summed E-state index contributed by atoms with van der Waals surface area (Å²) in [6.07, 6.45) is 0. The van der Waals surface area contributed by atoms with Crippen LogP contribution in [0.4, 0.5) is 4.39 Å². The van der Waals surface area contributed by atoms with Crippen molar-refractivity contribution in [1.29, 1.82) is 0 Å². The Hall–Kier alpha value is -3.00. The average molecular weight is 373 g/mol. The number of halogens is 1. The van der Waals surface area contributed by atoms with Crippen LogP contribution < -0.4 is 0 Å². The van der Waals surface area contributed by atoms with E-state index in [0.29, 0.717) is 53.0 Å². The highest BCUT2D eigenvalue weighted by Crippen LogP contribution is 2.20. The highest BCUT2D eigenvalue weighted by Gasteiger charge is 2.17. The van der Waals surface area contributed by atoms with E-state index in [-0.39, 0.29) is 5.82 Å². The normalized spacial score (nSPS) is 11.2. The van der Waals surface area contributed by atoms with Crippen LogP contribution in [0.3, 0.4) is 0 Å². The lowest BCUT2D eigenvalue weighted by molar-refractivity contribution is 0.0599. The van der Waals surface area contributed by atoms with Crippen molar-refractivity contribution in [3.8, 4) is 11.4 Å². The van der Waals surface area contributed by atoms with Crippen molar-refractivity contribution in [2.24, 2.45) is 0 Å². The maximum atomic E-state index is 13.7. The van der Waals surface area contributed by atoms with Crippen molar-refractivity contribution in [3.05, 3.63) is 58.6 Å². The number of aryl methyl sites for hydroxylation is 2. The van der Waals surface area contributed by atoms with Gasteiger partial charge in [-0.2, -0.15) is 4.98 Å². The first kappa shape index (κ1) is 18.8. The minimum absolute atomic E-state index is 0.314. The van der Waals surface area contributed by atoms with Crippen molar-refractivity contribution in [1.82, 2.24) is 15.0 Å². The molecule has 3 rings (SSSR count). The molecule has 0 saturated heterocycles. The van der Waals surface area contributed by atoms with Crippen LogP contribution in [0.15, 0.2) is 33.2 Å². The Morgan fingerprint density at radius 3 is 2.74 bits per heavy atom. The van der Waals surface area contributed by atoms with E-state index in [1.54, 1.807) is 32.0 Å². The molecule has 0 N–H and O–H groups in total. The van der Waals surface area contributed by atoms with Crippen LogP contribution in [0.5, 0.6) is 0 Å². The number of hydrogen-bond donors (Lipinski definition) is 0. The summed E-state index contributed by atoms with van der Waals surface area (Å²) in [6, 6.07) is 6.46. The molecule has 0 spiro atoms. The lowest BCUT2D eigenvalue weighted by Crippen LogP contribution is -2.17. The zero-order chi connectivity index (χ0) is 19.6. The van der Waals surface area contributed by atoms with Crippen molar-refractivity contribution in [2.75, 3.05) is 14.2 Å². The molecule has 142 valence electrons. The Morgan fingerprint density at radius 2 is 2.04 bits per heavy atom. The molecular formula is C19H20FN3O4. The molecule has 8 heteroatoms. The molecule has 0 unspecified atom stereocenters. The second kappa shape index (κ2) is 7.71. The van der Waals surface area contributed by atoms with Crippen molar-refractivity contribution in [2.45, 2.75) is 26.9 Å². The molecule has 3 aromatic rings. The van der Waals surface area contributed by atoms with Crippen LogP contribution in [0.1, 0.15) is 33.3 Å². The Balaban J connectivity index is 1.66. The highest BCUT2D eigenvalue weighted by molar-refractivity contribution is 5.90. The van der Waals surface area contributed by atoms with Crippen LogP contribution in [0, 0.1) is 19.7 Å². The summed E-state index contributed by atoms with van der Waals surface area (Å²) in [6.45, 7) is 4.21. The van der Waals surface area contributed by atoms with E-state index in [1.165, 1.54) is 13.2 Å². The van der Waals surface area contributed by atoms with Crippen LogP contribution >= 0.6 is 0 Å². The Bertz CT molecular complexity index is 964. The number of carbonyl (C=O) groups is 1. The number of ether oxygens (including phenoxy) is 1. The first-order valence-corrected chi connectivity index (χ1v) is 8.32. The molecule has 27 heavy (non-hydrogen) atoms. The number of rotatable bonds is 6. The predicted octanol–water partition coefficient (Wildman–Crippen LogP) is 3.50. The van der Waals surface area contributed by atoms with Crippen LogP contribution in [-0.4, -0.2) is 35.2 Å². The SMILES string of the molecule is COC(=O)c1cc(CN(C)Cc2nc(-c3ccc(C)c(F)c3)no2)oc1C. The van der Waals surface area contributed by atoms with Gasteiger partial charge < -0.3 is 13.7 Å². The second-order valence-electron chi connectivity index (χ2n) is 6.32. The first-order valence-electron chi connectivity index (χ1n) is 8.32. The summed E-state index contributed by atoms with van der Waals surface area (Å²) < 4.78 is 29.3. The zero-order valence-electron chi connectivity index (χ0n) is 15.6. The van der Waals surface area contributed by atoms with Crippen molar-refractivity contribution < 1.29 is 22.9 Å².